The molecule has 0 aliphatic heterocycles. The Morgan fingerprint density at radius 3 is 2.54 bits per heavy atom. The molecule has 140 valence electrons. The van der Waals surface area contributed by atoms with Crippen molar-refractivity contribution in [3.63, 3.8) is 0 Å². The molecule has 0 saturated carbocycles. The Kier molecular flexibility index (Phi) is 5.66. The van der Waals surface area contributed by atoms with Crippen molar-refractivity contribution in [1.82, 2.24) is 4.98 Å². The van der Waals surface area contributed by atoms with E-state index >= 15 is 0 Å². The highest BCUT2D eigenvalue weighted by Crippen LogP contribution is 2.31. The maximum absolute atomic E-state index is 14.1. The predicted octanol–water partition coefficient (Wildman–Crippen LogP) is 4.64. The fourth-order valence-electron chi connectivity index (χ4n) is 2.68. The van der Waals surface area contributed by atoms with Crippen LogP contribution < -0.4 is 10.9 Å². The van der Waals surface area contributed by atoms with Crippen LogP contribution in [0.3, 0.4) is 0 Å². The van der Waals surface area contributed by atoms with Crippen LogP contribution in [0.5, 0.6) is 0 Å². The molecule has 0 bridgehead atoms. The molecule has 3 rings (SSSR count). The average molecular weight is 443 g/mol. The molecular formula is C20H13BrF2N4O. The second kappa shape index (κ2) is 8.15. The van der Waals surface area contributed by atoms with Crippen molar-refractivity contribution < 1.29 is 8.78 Å². The number of halogens is 3. The number of nitrogens with one attached hydrogen (secondary N) is 3. The van der Waals surface area contributed by atoms with Crippen LogP contribution >= 0.6 is 15.9 Å². The third-order valence-corrected chi connectivity index (χ3v) is 4.63. The van der Waals surface area contributed by atoms with Crippen LogP contribution in [-0.2, 0) is 6.42 Å². The van der Waals surface area contributed by atoms with Gasteiger partial charge in [-0.05, 0) is 39.7 Å². The highest BCUT2D eigenvalue weighted by Gasteiger charge is 2.20. The quantitative estimate of drug-likeness (QED) is 0.502. The van der Waals surface area contributed by atoms with Gasteiger partial charge in [0.1, 0.15) is 17.3 Å². The van der Waals surface area contributed by atoms with Crippen LogP contribution in [0.4, 0.5) is 20.2 Å². The summed E-state index contributed by atoms with van der Waals surface area (Å²) < 4.78 is 28.5. The first kappa shape index (κ1) is 19.5. The first-order chi connectivity index (χ1) is 13.4. The maximum Gasteiger partial charge on any atom is 0.259 e. The number of nitriles is 1. The monoisotopic (exact) mass is 442 g/mol. The van der Waals surface area contributed by atoms with E-state index < -0.39 is 22.9 Å². The SMILES string of the molecule is N#CCc1cccc(C(=N)c2c(Nc3c(F)cccc3F)c(Br)c[nH]c2=O)c1. The Morgan fingerprint density at radius 2 is 1.86 bits per heavy atom. The molecule has 8 heteroatoms. The van der Waals surface area contributed by atoms with Gasteiger partial charge in [0.25, 0.3) is 5.56 Å². The van der Waals surface area contributed by atoms with Gasteiger partial charge in [-0.3, -0.25) is 10.2 Å². The summed E-state index contributed by atoms with van der Waals surface area (Å²) in [5.41, 5.74) is -0.130. The van der Waals surface area contributed by atoms with Gasteiger partial charge in [-0.2, -0.15) is 5.26 Å². The average Bonchev–Trinajstić information content (AvgIpc) is 2.67. The molecule has 3 aromatic rings. The van der Waals surface area contributed by atoms with E-state index in [2.05, 4.69) is 26.2 Å². The summed E-state index contributed by atoms with van der Waals surface area (Å²) in [6, 6.07) is 12.1. The highest BCUT2D eigenvalue weighted by molar-refractivity contribution is 9.10. The Balaban J connectivity index is 2.13. The molecule has 0 aliphatic carbocycles. The molecule has 1 aromatic heterocycles. The van der Waals surface area contributed by atoms with E-state index in [0.717, 1.165) is 12.1 Å². The molecular weight excluding hydrogens is 430 g/mol. The number of H-pyrrole nitrogens is 1. The van der Waals surface area contributed by atoms with E-state index in [1.807, 2.05) is 6.07 Å². The Bertz CT molecular complexity index is 1150. The van der Waals surface area contributed by atoms with Gasteiger partial charge in [0.05, 0.1) is 33.9 Å². The van der Waals surface area contributed by atoms with Gasteiger partial charge >= 0.3 is 0 Å². The normalized spacial score (nSPS) is 10.4. The molecule has 2 aromatic carbocycles. The zero-order valence-corrected chi connectivity index (χ0v) is 15.9. The maximum atomic E-state index is 14.1. The number of para-hydroxylation sites is 1. The number of benzene rings is 2. The number of pyridine rings is 1. The lowest BCUT2D eigenvalue weighted by Gasteiger charge is -2.15. The van der Waals surface area contributed by atoms with Crippen LogP contribution in [-0.4, -0.2) is 10.7 Å². The minimum Gasteiger partial charge on any atom is -0.349 e. The number of nitrogens with zero attached hydrogens (tertiary/aromatic N) is 1. The minimum atomic E-state index is -0.833. The first-order valence-corrected chi connectivity index (χ1v) is 8.89. The van der Waals surface area contributed by atoms with Crippen molar-refractivity contribution in [2.45, 2.75) is 6.42 Å². The van der Waals surface area contributed by atoms with Gasteiger partial charge in [0.15, 0.2) is 0 Å². The van der Waals surface area contributed by atoms with E-state index in [0.29, 0.717) is 15.6 Å². The van der Waals surface area contributed by atoms with Crippen LogP contribution in [0.25, 0.3) is 0 Å². The van der Waals surface area contributed by atoms with Gasteiger partial charge in [0.2, 0.25) is 0 Å². The molecule has 0 spiro atoms. The van der Waals surface area contributed by atoms with Crippen LogP contribution in [0, 0.1) is 28.4 Å². The Hall–Kier alpha value is -3.31. The van der Waals surface area contributed by atoms with Crippen molar-refractivity contribution in [3.8, 4) is 6.07 Å². The number of hydrogen-bond acceptors (Lipinski definition) is 4. The highest BCUT2D eigenvalue weighted by atomic mass is 79.9. The smallest absolute Gasteiger partial charge is 0.259 e. The Morgan fingerprint density at radius 1 is 1.18 bits per heavy atom. The summed E-state index contributed by atoms with van der Waals surface area (Å²) >= 11 is 3.25. The molecule has 0 fully saturated rings. The zero-order chi connectivity index (χ0) is 20.3. The van der Waals surface area contributed by atoms with E-state index in [1.165, 1.54) is 12.3 Å². The van der Waals surface area contributed by atoms with Gasteiger partial charge in [-0.25, -0.2) is 8.78 Å². The van der Waals surface area contributed by atoms with Crippen LogP contribution in [0.2, 0.25) is 0 Å². The van der Waals surface area contributed by atoms with E-state index in [1.54, 1.807) is 24.3 Å². The largest absolute Gasteiger partial charge is 0.349 e. The van der Waals surface area contributed by atoms with Gasteiger partial charge in [0, 0.05) is 11.8 Å². The minimum absolute atomic E-state index is 0.0587. The summed E-state index contributed by atoms with van der Waals surface area (Å²) in [7, 11) is 0. The standard InChI is InChI=1S/C20H13BrF2N4O/c21-13-10-26-20(28)16(17(25)12-4-1-3-11(9-12)7-8-24)18(13)27-19-14(22)5-2-6-15(19)23/h1-6,9-10,25H,7H2,(H2,26,27,28). The van der Waals surface area contributed by atoms with Gasteiger partial charge in [-0.15, -0.1) is 0 Å². The predicted molar refractivity (Wildman–Crippen MR) is 106 cm³/mol. The third-order valence-electron chi connectivity index (χ3n) is 4.01. The molecule has 0 unspecified atom stereocenters. The lowest BCUT2D eigenvalue weighted by molar-refractivity contribution is 0.591. The van der Waals surface area contributed by atoms with Crippen LogP contribution in [0.15, 0.2) is 57.9 Å². The first-order valence-electron chi connectivity index (χ1n) is 8.09. The number of aromatic nitrogens is 1. The van der Waals surface area contributed by atoms with Crippen LogP contribution in [0.1, 0.15) is 16.7 Å². The lowest BCUT2D eigenvalue weighted by Crippen LogP contribution is -2.21. The van der Waals surface area contributed by atoms with Crippen molar-refractivity contribution in [1.29, 1.82) is 10.7 Å². The van der Waals surface area contributed by atoms with E-state index in [-0.39, 0.29) is 23.4 Å². The van der Waals surface area contributed by atoms with E-state index in [9.17, 15) is 13.6 Å². The van der Waals surface area contributed by atoms with Crippen molar-refractivity contribution in [2.24, 2.45) is 0 Å². The Labute approximate surface area is 167 Å². The molecule has 0 aliphatic rings. The fourth-order valence-corrected chi connectivity index (χ4v) is 3.09. The molecule has 0 saturated heterocycles. The fraction of sp³-hybridized carbons (Fsp3) is 0.0500. The van der Waals surface area contributed by atoms with Gasteiger partial charge in [-0.1, -0.05) is 24.3 Å². The number of aromatic amines is 1. The molecule has 1 heterocycles. The summed E-state index contributed by atoms with van der Waals surface area (Å²) in [6.45, 7) is 0. The molecule has 28 heavy (non-hydrogen) atoms. The molecule has 0 radical (unpaired) electrons. The van der Waals surface area contributed by atoms with Gasteiger partial charge < -0.3 is 10.3 Å². The molecule has 0 amide bonds. The molecule has 3 N–H and O–H groups in total. The topological polar surface area (TPSA) is 92.5 Å². The number of hydrogen-bond donors (Lipinski definition) is 3. The third kappa shape index (κ3) is 3.85. The lowest BCUT2D eigenvalue weighted by atomic mass is 9.99. The summed E-state index contributed by atoms with van der Waals surface area (Å²) in [4.78, 5) is 15.0. The summed E-state index contributed by atoms with van der Waals surface area (Å²) in [5.74, 6) is -1.67. The second-order valence-corrected chi connectivity index (χ2v) is 6.70. The molecule has 0 atom stereocenters. The van der Waals surface area contributed by atoms with Crippen molar-refractivity contribution in [2.75, 3.05) is 5.32 Å². The zero-order valence-electron chi connectivity index (χ0n) is 14.3. The van der Waals surface area contributed by atoms with E-state index in [4.69, 9.17) is 10.7 Å². The number of anilines is 2. The molecule has 5 nitrogen and oxygen atoms in total. The summed E-state index contributed by atoms with van der Waals surface area (Å²) in [5, 5.41) is 20.0. The second-order valence-electron chi connectivity index (χ2n) is 5.85. The van der Waals surface area contributed by atoms with Crippen molar-refractivity contribution in [3.05, 3.63) is 91.8 Å². The van der Waals surface area contributed by atoms with Crippen molar-refractivity contribution >= 4 is 33.0 Å². The summed E-state index contributed by atoms with van der Waals surface area (Å²) in [6.07, 6.45) is 1.48. The number of rotatable bonds is 5.